The minimum atomic E-state index is -0.351. The molecule has 1 unspecified atom stereocenters. The molecule has 1 aromatic heterocycles. The van der Waals surface area contributed by atoms with Crippen LogP contribution in [0.25, 0.3) is 0 Å². The second-order valence-corrected chi connectivity index (χ2v) is 5.74. The summed E-state index contributed by atoms with van der Waals surface area (Å²) < 4.78 is 0. The van der Waals surface area contributed by atoms with Crippen molar-refractivity contribution in [2.45, 2.75) is 25.8 Å². The number of aromatic nitrogens is 1. The largest absolute Gasteiger partial charge is 0.342 e. The molecule has 2 N–H and O–H groups in total. The van der Waals surface area contributed by atoms with Crippen molar-refractivity contribution < 1.29 is 9.59 Å². The highest BCUT2D eigenvalue weighted by molar-refractivity contribution is 6.43. The maximum Gasteiger partial charge on any atom is 0.268 e. The Bertz CT molecular complexity index is 769. The highest BCUT2D eigenvalue weighted by Gasteiger charge is 2.24. The number of hydrazone groups is 1. The van der Waals surface area contributed by atoms with E-state index in [-0.39, 0.29) is 30.0 Å². The molecular weight excluding hydrogens is 304 g/mol. The van der Waals surface area contributed by atoms with E-state index in [1.165, 1.54) is 5.56 Å². The van der Waals surface area contributed by atoms with Gasteiger partial charge in [-0.05, 0) is 31.0 Å². The van der Waals surface area contributed by atoms with Crippen molar-refractivity contribution in [1.29, 1.82) is 0 Å². The smallest absolute Gasteiger partial charge is 0.268 e. The van der Waals surface area contributed by atoms with E-state index in [1.54, 1.807) is 6.20 Å². The van der Waals surface area contributed by atoms with Crippen molar-refractivity contribution in [2.75, 3.05) is 0 Å². The zero-order valence-corrected chi connectivity index (χ0v) is 13.3. The van der Waals surface area contributed by atoms with Crippen LogP contribution >= 0.6 is 0 Å². The van der Waals surface area contributed by atoms with Crippen LogP contribution in [0, 0.1) is 6.92 Å². The third-order valence-corrected chi connectivity index (χ3v) is 3.82. The molecule has 6 nitrogen and oxygen atoms in total. The second kappa shape index (κ2) is 7.04. The summed E-state index contributed by atoms with van der Waals surface area (Å²) in [6.07, 6.45) is 2.31. The van der Waals surface area contributed by atoms with Crippen molar-refractivity contribution in [1.82, 2.24) is 15.7 Å². The molecule has 1 aliphatic rings. The number of amides is 2. The summed E-state index contributed by atoms with van der Waals surface area (Å²) in [5, 5.41) is 6.70. The third-order valence-electron chi connectivity index (χ3n) is 3.82. The molecule has 1 atom stereocenters. The fraction of sp³-hybridized carbons (Fsp3) is 0.222. The molecular formula is C18H18N4O2. The summed E-state index contributed by atoms with van der Waals surface area (Å²) in [4.78, 5) is 27.9. The Kier molecular flexibility index (Phi) is 4.65. The number of aryl methyl sites for hydroxylation is 1. The van der Waals surface area contributed by atoms with Crippen molar-refractivity contribution in [2.24, 2.45) is 5.10 Å². The van der Waals surface area contributed by atoms with Crippen LogP contribution in [-0.2, 0) is 16.0 Å². The standard InChI is InChI=1S/C18H18N4O2/c1-12-5-7-13(8-6-12)10-15(14-4-2-3-9-19-14)20-18(24)16-11-17(23)22-21-16/h2-9,15H,10-11H2,1H3,(H,20,24)(H,22,23). The first-order valence-electron chi connectivity index (χ1n) is 7.74. The molecule has 2 heterocycles. The zero-order chi connectivity index (χ0) is 16.9. The summed E-state index contributed by atoms with van der Waals surface area (Å²) in [7, 11) is 0. The molecule has 3 rings (SSSR count). The van der Waals surface area contributed by atoms with Crippen LogP contribution in [0.1, 0.15) is 29.3 Å². The Hall–Kier alpha value is -3.02. The molecule has 0 spiro atoms. The second-order valence-electron chi connectivity index (χ2n) is 5.74. The van der Waals surface area contributed by atoms with Crippen LogP contribution in [0.3, 0.4) is 0 Å². The van der Waals surface area contributed by atoms with E-state index in [0.29, 0.717) is 6.42 Å². The van der Waals surface area contributed by atoms with E-state index in [1.807, 2.05) is 49.4 Å². The molecule has 0 fully saturated rings. The number of hydrogen-bond donors (Lipinski definition) is 2. The number of rotatable bonds is 5. The summed E-state index contributed by atoms with van der Waals surface area (Å²) in [5.41, 5.74) is 5.54. The van der Waals surface area contributed by atoms with Gasteiger partial charge in [-0.15, -0.1) is 0 Å². The first kappa shape index (κ1) is 15.9. The number of nitrogens with zero attached hydrogens (tertiary/aromatic N) is 2. The number of nitrogens with one attached hydrogen (secondary N) is 2. The highest BCUT2D eigenvalue weighted by atomic mass is 16.2. The average molecular weight is 322 g/mol. The summed E-state index contributed by atoms with van der Waals surface area (Å²) in [5.74, 6) is -0.621. The summed E-state index contributed by atoms with van der Waals surface area (Å²) in [6, 6.07) is 13.4. The molecule has 122 valence electrons. The Labute approximate surface area is 140 Å². The van der Waals surface area contributed by atoms with Crippen molar-refractivity contribution in [3.63, 3.8) is 0 Å². The maximum atomic E-state index is 12.4. The molecule has 2 aromatic rings. The van der Waals surface area contributed by atoms with Crippen molar-refractivity contribution >= 4 is 17.5 Å². The lowest BCUT2D eigenvalue weighted by Gasteiger charge is -2.18. The van der Waals surface area contributed by atoms with Gasteiger partial charge in [-0.3, -0.25) is 14.6 Å². The van der Waals surface area contributed by atoms with Crippen molar-refractivity contribution in [3.8, 4) is 0 Å². The quantitative estimate of drug-likeness (QED) is 0.878. The number of carbonyl (C=O) groups excluding carboxylic acids is 2. The van der Waals surface area contributed by atoms with Crippen molar-refractivity contribution in [3.05, 3.63) is 65.5 Å². The maximum absolute atomic E-state index is 12.4. The van der Waals surface area contributed by atoms with E-state index in [4.69, 9.17) is 0 Å². The zero-order valence-electron chi connectivity index (χ0n) is 13.3. The van der Waals surface area contributed by atoms with Crippen LogP contribution in [0.5, 0.6) is 0 Å². The fourth-order valence-electron chi connectivity index (χ4n) is 2.51. The monoisotopic (exact) mass is 322 g/mol. The first-order valence-corrected chi connectivity index (χ1v) is 7.74. The molecule has 1 aromatic carbocycles. The Morgan fingerprint density at radius 1 is 1.25 bits per heavy atom. The predicted octanol–water partition coefficient (Wildman–Crippen LogP) is 1.67. The van der Waals surface area contributed by atoms with Crippen LogP contribution < -0.4 is 10.7 Å². The number of benzene rings is 1. The van der Waals surface area contributed by atoms with E-state index in [0.717, 1.165) is 11.3 Å². The topological polar surface area (TPSA) is 83.5 Å². The van der Waals surface area contributed by atoms with Gasteiger partial charge >= 0.3 is 0 Å². The van der Waals surface area contributed by atoms with Gasteiger partial charge in [0.25, 0.3) is 5.91 Å². The van der Waals surface area contributed by atoms with Gasteiger partial charge in [0, 0.05) is 6.20 Å². The van der Waals surface area contributed by atoms with Crippen LogP contribution in [0.4, 0.5) is 0 Å². The lowest BCUT2D eigenvalue weighted by molar-refractivity contribution is -0.120. The molecule has 0 aliphatic carbocycles. The minimum Gasteiger partial charge on any atom is -0.342 e. The van der Waals surface area contributed by atoms with Gasteiger partial charge in [-0.1, -0.05) is 35.9 Å². The van der Waals surface area contributed by atoms with E-state index < -0.39 is 0 Å². The van der Waals surface area contributed by atoms with Gasteiger partial charge in [-0.25, -0.2) is 5.43 Å². The van der Waals surface area contributed by atoms with Gasteiger partial charge in [0.05, 0.1) is 18.2 Å². The number of pyridine rings is 1. The van der Waals surface area contributed by atoms with E-state index in [2.05, 4.69) is 20.8 Å². The number of carbonyl (C=O) groups is 2. The molecule has 0 saturated carbocycles. The van der Waals surface area contributed by atoms with E-state index in [9.17, 15) is 9.59 Å². The molecule has 0 radical (unpaired) electrons. The van der Waals surface area contributed by atoms with Crippen LogP contribution in [-0.4, -0.2) is 22.5 Å². The van der Waals surface area contributed by atoms with Crippen LogP contribution in [0.2, 0.25) is 0 Å². The molecule has 0 saturated heterocycles. The minimum absolute atomic E-state index is 0.00526. The molecule has 24 heavy (non-hydrogen) atoms. The Morgan fingerprint density at radius 3 is 2.67 bits per heavy atom. The number of hydrogen-bond acceptors (Lipinski definition) is 4. The molecule has 0 bridgehead atoms. The lowest BCUT2D eigenvalue weighted by Crippen LogP contribution is -2.35. The Morgan fingerprint density at radius 2 is 2.04 bits per heavy atom. The molecule has 2 amide bonds. The highest BCUT2D eigenvalue weighted by Crippen LogP contribution is 2.17. The molecule has 6 heteroatoms. The summed E-state index contributed by atoms with van der Waals surface area (Å²) in [6.45, 7) is 2.03. The average Bonchev–Trinajstić information content (AvgIpc) is 3.03. The third kappa shape index (κ3) is 3.84. The van der Waals surface area contributed by atoms with E-state index >= 15 is 0 Å². The summed E-state index contributed by atoms with van der Waals surface area (Å²) >= 11 is 0. The fourth-order valence-corrected chi connectivity index (χ4v) is 2.51. The Balaban J connectivity index is 1.78. The van der Waals surface area contributed by atoms with Crippen LogP contribution in [0.15, 0.2) is 53.8 Å². The lowest BCUT2D eigenvalue weighted by atomic mass is 10.0. The first-order chi connectivity index (χ1) is 11.6. The normalized spacial score (nSPS) is 14.7. The van der Waals surface area contributed by atoms with Gasteiger partial charge in [0.1, 0.15) is 5.71 Å². The predicted molar refractivity (Wildman–Crippen MR) is 90.2 cm³/mol. The molecule has 1 aliphatic heterocycles. The van der Waals surface area contributed by atoms with Gasteiger partial charge in [0.2, 0.25) is 5.91 Å². The van der Waals surface area contributed by atoms with Gasteiger partial charge in [0.15, 0.2) is 0 Å². The SMILES string of the molecule is Cc1ccc(CC(NC(=O)C2=NNC(=O)C2)c2ccccn2)cc1. The van der Waals surface area contributed by atoms with Gasteiger partial charge < -0.3 is 5.32 Å². The van der Waals surface area contributed by atoms with Gasteiger partial charge in [-0.2, -0.15) is 5.10 Å².